The first kappa shape index (κ1) is 21.2. The predicted molar refractivity (Wildman–Crippen MR) is 128 cm³/mol. The van der Waals surface area contributed by atoms with Crippen LogP contribution in [0.15, 0.2) is 11.1 Å². The molecule has 6 aliphatic rings. The normalized spacial score (nSPS) is 56.6. The molecule has 2 heteroatoms. The lowest BCUT2D eigenvalue weighted by Crippen LogP contribution is -2.55. The molecule has 0 unspecified atom stereocenters. The van der Waals surface area contributed by atoms with E-state index in [9.17, 15) is 0 Å². The molecule has 5 fully saturated rings. The minimum atomic E-state index is 0.0254. The Bertz CT molecular complexity index is 773. The number of hydrogen-bond donors (Lipinski definition) is 1. The first-order valence-electron chi connectivity index (χ1n) is 13.9. The second-order valence-corrected chi connectivity index (χ2v) is 13.6. The number of rotatable bonds is 0. The maximum Gasteiger partial charge on any atom is 0.0821 e. The Labute approximate surface area is 191 Å². The molecule has 4 aliphatic carbocycles. The standard InChI is InChI=1S/C29H47NO/c1-18-15-28(5)26(30-17-18)20(3)29(31-28)13-11-22-23-10-9-21-8-6-7-12-27(21,4)25(23)14-24(22)19(2)16-29/h18,20-23,25-26,30H,6-17H2,1-5H3/t18-,20+,21-,22-,23-,25-,26-,27-,28+,29-/m0/s1. The van der Waals surface area contributed by atoms with E-state index in [2.05, 4.69) is 39.9 Å². The quantitative estimate of drug-likeness (QED) is 0.427. The van der Waals surface area contributed by atoms with Crippen molar-refractivity contribution in [1.29, 1.82) is 0 Å². The van der Waals surface area contributed by atoms with Gasteiger partial charge in [-0.25, -0.2) is 0 Å². The summed E-state index contributed by atoms with van der Waals surface area (Å²) in [5.41, 5.74) is 4.36. The fourth-order valence-corrected chi connectivity index (χ4v) is 10.5. The van der Waals surface area contributed by atoms with Gasteiger partial charge in [0.15, 0.2) is 0 Å². The number of fused-ring (bicyclic) bond motifs is 6. The van der Waals surface area contributed by atoms with Crippen LogP contribution in [0.4, 0.5) is 0 Å². The predicted octanol–water partition coefficient (Wildman–Crippen LogP) is 6.89. The number of nitrogens with one attached hydrogen (secondary N) is 1. The molecule has 0 aromatic rings. The lowest BCUT2D eigenvalue weighted by molar-refractivity contribution is -0.124. The van der Waals surface area contributed by atoms with Gasteiger partial charge in [-0.3, -0.25) is 0 Å². The second kappa shape index (κ2) is 7.08. The molecule has 31 heavy (non-hydrogen) atoms. The molecule has 174 valence electrons. The molecule has 0 aromatic carbocycles. The zero-order valence-electron chi connectivity index (χ0n) is 20.9. The van der Waals surface area contributed by atoms with E-state index in [0.29, 0.717) is 17.4 Å². The van der Waals surface area contributed by atoms with Gasteiger partial charge in [0.25, 0.3) is 0 Å². The lowest BCUT2D eigenvalue weighted by atomic mass is 9.52. The summed E-state index contributed by atoms with van der Waals surface area (Å²) < 4.78 is 7.22. The van der Waals surface area contributed by atoms with E-state index in [1.54, 1.807) is 5.57 Å². The summed E-state index contributed by atoms with van der Waals surface area (Å²) in [7, 11) is 0. The van der Waals surface area contributed by atoms with Crippen LogP contribution in [0.25, 0.3) is 0 Å². The molecule has 0 amide bonds. The van der Waals surface area contributed by atoms with Crippen molar-refractivity contribution < 1.29 is 4.74 Å². The molecule has 2 nitrogen and oxygen atoms in total. The maximum absolute atomic E-state index is 7.22. The van der Waals surface area contributed by atoms with Gasteiger partial charge >= 0.3 is 0 Å². The van der Waals surface area contributed by atoms with E-state index in [4.69, 9.17) is 4.74 Å². The summed E-state index contributed by atoms with van der Waals surface area (Å²) in [6.45, 7) is 13.7. The van der Waals surface area contributed by atoms with Crippen LogP contribution in [0.3, 0.4) is 0 Å². The zero-order valence-corrected chi connectivity index (χ0v) is 20.9. The average Bonchev–Trinajstić information content (AvgIpc) is 3.15. The highest BCUT2D eigenvalue weighted by molar-refractivity contribution is 5.29. The molecular weight excluding hydrogens is 378 g/mol. The van der Waals surface area contributed by atoms with Crippen LogP contribution in [0.5, 0.6) is 0 Å². The van der Waals surface area contributed by atoms with Crippen molar-refractivity contribution in [2.24, 2.45) is 40.9 Å². The Kier molecular flexibility index (Phi) is 4.84. The second-order valence-electron chi connectivity index (χ2n) is 13.6. The topological polar surface area (TPSA) is 21.3 Å². The molecular formula is C29H47NO. The van der Waals surface area contributed by atoms with E-state index in [-0.39, 0.29) is 11.2 Å². The third kappa shape index (κ3) is 2.95. The average molecular weight is 426 g/mol. The number of piperidine rings is 1. The Morgan fingerprint density at radius 2 is 1.84 bits per heavy atom. The molecule has 1 spiro atoms. The Morgan fingerprint density at radius 1 is 1.00 bits per heavy atom. The highest BCUT2D eigenvalue weighted by atomic mass is 16.5. The van der Waals surface area contributed by atoms with Crippen molar-refractivity contribution in [1.82, 2.24) is 5.32 Å². The van der Waals surface area contributed by atoms with Crippen LogP contribution >= 0.6 is 0 Å². The summed E-state index contributed by atoms with van der Waals surface area (Å²) in [6.07, 6.45) is 15.5. The molecule has 0 aromatic heterocycles. The number of hydrogen-bond acceptors (Lipinski definition) is 2. The number of allylic oxidation sites excluding steroid dienone is 1. The summed E-state index contributed by atoms with van der Waals surface area (Å²) in [4.78, 5) is 0. The first-order chi connectivity index (χ1) is 14.8. The largest absolute Gasteiger partial charge is 0.367 e. The van der Waals surface area contributed by atoms with Gasteiger partial charge in [-0.05, 0) is 113 Å². The molecule has 0 bridgehead atoms. The zero-order chi connectivity index (χ0) is 21.6. The fraction of sp³-hybridized carbons (Fsp3) is 0.931. The minimum Gasteiger partial charge on any atom is -0.367 e. The molecule has 3 saturated carbocycles. The maximum atomic E-state index is 7.22. The van der Waals surface area contributed by atoms with E-state index in [1.165, 1.54) is 70.6 Å². The van der Waals surface area contributed by atoms with Gasteiger partial charge in [0.2, 0.25) is 0 Å². The molecule has 6 rings (SSSR count). The Hall–Kier alpha value is -0.340. The van der Waals surface area contributed by atoms with Crippen molar-refractivity contribution in [3.8, 4) is 0 Å². The van der Waals surface area contributed by atoms with Gasteiger partial charge < -0.3 is 10.1 Å². The summed E-state index contributed by atoms with van der Waals surface area (Å²) >= 11 is 0. The minimum absolute atomic E-state index is 0.0254. The van der Waals surface area contributed by atoms with Gasteiger partial charge in [0.05, 0.1) is 11.2 Å². The molecule has 10 atom stereocenters. The van der Waals surface area contributed by atoms with E-state index >= 15 is 0 Å². The van der Waals surface area contributed by atoms with Crippen molar-refractivity contribution in [2.45, 2.75) is 122 Å². The molecule has 1 N–H and O–H groups in total. The molecule has 2 heterocycles. The third-order valence-corrected chi connectivity index (χ3v) is 11.9. The van der Waals surface area contributed by atoms with Crippen LogP contribution in [-0.2, 0) is 4.74 Å². The van der Waals surface area contributed by atoms with Crippen molar-refractivity contribution in [2.75, 3.05) is 6.54 Å². The van der Waals surface area contributed by atoms with Crippen LogP contribution < -0.4 is 5.32 Å². The van der Waals surface area contributed by atoms with Crippen LogP contribution in [-0.4, -0.2) is 23.8 Å². The molecule has 0 radical (unpaired) electrons. The van der Waals surface area contributed by atoms with Gasteiger partial charge in [0, 0.05) is 12.0 Å². The van der Waals surface area contributed by atoms with E-state index in [1.807, 2.05) is 5.57 Å². The van der Waals surface area contributed by atoms with Gasteiger partial charge in [-0.15, -0.1) is 0 Å². The number of ether oxygens (including phenoxy) is 1. The summed E-state index contributed by atoms with van der Waals surface area (Å²) in [5.74, 6) is 5.16. The Balaban J connectivity index is 1.30. The van der Waals surface area contributed by atoms with E-state index < -0.39 is 0 Å². The fourth-order valence-electron chi connectivity index (χ4n) is 10.5. The Morgan fingerprint density at radius 3 is 2.68 bits per heavy atom. The first-order valence-corrected chi connectivity index (χ1v) is 13.9. The summed E-state index contributed by atoms with van der Waals surface area (Å²) in [6, 6.07) is 0.531. The third-order valence-electron chi connectivity index (χ3n) is 11.9. The SMILES string of the molecule is CC1=C2C[C@H]3[C@@H](CC[C@@H]4CCCC[C@@]43C)[C@@H]2CC[C@@]2(C1)O[C@]1(C)C[C@H](C)CN[C@H]1[C@H]2C. The van der Waals surface area contributed by atoms with Crippen LogP contribution in [0, 0.1) is 40.9 Å². The van der Waals surface area contributed by atoms with Crippen molar-refractivity contribution in [3.63, 3.8) is 0 Å². The van der Waals surface area contributed by atoms with Gasteiger partial charge in [-0.2, -0.15) is 0 Å². The molecule has 2 saturated heterocycles. The van der Waals surface area contributed by atoms with Crippen LogP contribution in [0.2, 0.25) is 0 Å². The van der Waals surface area contributed by atoms with Crippen molar-refractivity contribution >= 4 is 0 Å². The monoisotopic (exact) mass is 425 g/mol. The molecule has 2 aliphatic heterocycles. The van der Waals surface area contributed by atoms with Crippen molar-refractivity contribution in [3.05, 3.63) is 11.1 Å². The highest BCUT2D eigenvalue weighted by Crippen LogP contribution is 2.65. The van der Waals surface area contributed by atoms with Gasteiger partial charge in [0.1, 0.15) is 0 Å². The van der Waals surface area contributed by atoms with Gasteiger partial charge in [-0.1, -0.05) is 44.8 Å². The summed E-state index contributed by atoms with van der Waals surface area (Å²) in [5, 5.41) is 3.92. The lowest BCUT2D eigenvalue weighted by Gasteiger charge is -2.52. The highest BCUT2D eigenvalue weighted by Gasteiger charge is 2.61. The van der Waals surface area contributed by atoms with E-state index in [0.717, 1.165) is 36.1 Å². The smallest absolute Gasteiger partial charge is 0.0821 e. The van der Waals surface area contributed by atoms with Crippen LogP contribution in [0.1, 0.15) is 105 Å².